The molecule has 0 aromatic heterocycles. The van der Waals surface area contributed by atoms with E-state index in [9.17, 15) is 45.6 Å². The predicted molar refractivity (Wildman–Crippen MR) is 239 cm³/mol. The second kappa shape index (κ2) is 34.6. The minimum Gasteiger partial charge on any atom is -0.394 e. The molecule has 1 amide bonds. The topological polar surface area (TPSA) is 228 Å². The van der Waals surface area contributed by atoms with Crippen molar-refractivity contribution >= 4 is 5.91 Å². The molecule has 2 heterocycles. The minimum absolute atomic E-state index is 0.151. The Morgan fingerprint density at radius 1 is 0.597 bits per heavy atom. The van der Waals surface area contributed by atoms with Crippen molar-refractivity contribution in [3.8, 4) is 0 Å². The third-order valence-corrected chi connectivity index (χ3v) is 10.6. The van der Waals surface area contributed by atoms with Crippen molar-refractivity contribution in [1.29, 1.82) is 0 Å². The maximum absolute atomic E-state index is 13.1. The Hall–Kier alpha value is -2.83. The summed E-state index contributed by atoms with van der Waals surface area (Å²) < 4.78 is 22.5. The Morgan fingerprint density at radius 3 is 1.68 bits per heavy atom. The molecule has 354 valence electrons. The van der Waals surface area contributed by atoms with E-state index in [1.807, 2.05) is 18.2 Å². The molecule has 9 N–H and O–H groups in total. The van der Waals surface area contributed by atoms with Crippen molar-refractivity contribution < 1.29 is 64.6 Å². The molecule has 0 saturated carbocycles. The van der Waals surface area contributed by atoms with Crippen LogP contribution in [0.15, 0.2) is 85.1 Å². The van der Waals surface area contributed by atoms with E-state index in [4.69, 9.17) is 18.9 Å². The summed E-state index contributed by atoms with van der Waals surface area (Å²) >= 11 is 0. The number of allylic oxidation sites excluding steroid dienone is 13. The molecule has 2 aliphatic rings. The van der Waals surface area contributed by atoms with Crippen molar-refractivity contribution in [2.75, 3.05) is 19.8 Å². The highest BCUT2D eigenvalue weighted by Crippen LogP contribution is 2.29. The summed E-state index contributed by atoms with van der Waals surface area (Å²) in [5.41, 5.74) is 0. The fourth-order valence-electron chi connectivity index (χ4n) is 6.84. The van der Waals surface area contributed by atoms with Gasteiger partial charge in [-0.2, -0.15) is 0 Å². The van der Waals surface area contributed by atoms with Crippen LogP contribution < -0.4 is 5.32 Å². The average molecular weight is 878 g/mol. The molecule has 0 aromatic rings. The van der Waals surface area contributed by atoms with Crippen molar-refractivity contribution in [1.82, 2.24) is 5.32 Å². The molecule has 0 spiro atoms. The SMILES string of the molecule is CC/C=C\C/C=C\C/C=C\C/C=C\C/C=C\C/C=C\CCC(=O)NC(COC1OC(CO)C(OC2OC(CO)C(O)C(O)C2O)C(O)C1O)C(O)/C=C/CCCCCCCCC. The third kappa shape index (κ3) is 22.2. The van der Waals surface area contributed by atoms with E-state index in [2.05, 4.69) is 79.9 Å². The van der Waals surface area contributed by atoms with E-state index in [1.54, 1.807) is 6.08 Å². The zero-order valence-electron chi connectivity index (χ0n) is 37.1. The van der Waals surface area contributed by atoms with E-state index in [-0.39, 0.29) is 18.9 Å². The number of rotatable bonds is 32. The van der Waals surface area contributed by atoms with Crippen LogP contribution in [0.25, 0.3) is 0 Å². The standard InChI is InChI=1S/C48H79NO13/c1-3-5-7-9-11-13-14-15-16-17-18-19-20-21-22-24-26-28-30-32-40(53)49-36(37(52)31-29-27-25-23-12-10-8-6-4-2)35-59-47-45(58)43(56)46(39(34-51)61-47)62-48-44(57)42(55)41(54)38(33-50)60-48/h5,7,11,13,15-16,18-19,21-22,26,28-29,31,36-39,41-48,50-52,54-58H,3-4,6,8-10,12,14,17,20,23-25,27,30,32-35H2,1-2H3,(H,49,53)/b7-5-,13-11-,16-15-,19-18-,22-21-,28-26-,31-29+. The molecule has 14 heteroatoms. The molecule has 2 saturated heterocycles. The number of aliphatic hydroxyl groups excluding tert-OH is 8. The van der Waals surface area contributed by atoms with E-state index >= 15 is 0 Å². The van der Waals surface area contributed by atoms with E-state index in [1.165, 1.54) is 25.7 Å². The van der Waals surface area contributed by atoms with E-state index in [0.717, 1.165) is 64.2 Å². The average Bonchev–Trinajstić information content (AvgIpc) is 3.27. The first kappa shape index (κ1) is 55.3. The van der Waals surface area contributed by atoms with Crippen LogP contribution in [0, 0.1) is 0 Å². The van der Waals surface area contributed by atoms with Gasteiger partial charge in [-0.25, -0.2) is 0 Å². The summed E-state index contributed by atoms with van der Waals surface area (Å²) in [6.07, 6.45) is 26.6. The minimum atomic E-state index is -1.80. The molecular weight excluding hydrogens is 799 g/mol. The van der Waals surface area contributed by atoms with Gasteiger partial charge < -0.3 is 65.1 Å². The number of aliphatic hydroxyl groups is 8. The van der Waals surface area contributed by atoms with Gasteiger partial charge in [-0.1, -0.05) is 137 Å². The summed E-state index contributed by atoms with van der Waals surface area (Å²) in [6, 6.07) is -0.957. The monoisotopic (exact) mass is 878 g/mol. The fourth-order valence-corrected chi connectivity index (χ4v) is 6.84. The molecule has 12 atom stereocenters. The van der Waals surface area contributed by atoms with Crippen LogP contribution in [0.3, 0.4) is 0 Å². The van der Waals surface area contributed by atoms with E-state index in [0.29, 0.717) is 6.42 Å². The normalized spacial score (nSPS) is 28.5. The summed E-state index contributed by atoms with van der Waals surface area (Å²) in [4.78, 5) is 13.1. The summed E-state index contributed by atoms with van der Waals surface area (Å²) in [6.45, 7) is 2.54. The van der Waals surface area contributed by atoms with Gasteiger partial charge in [0.25, 0.3) is 0 Å². The van der Waals surface area contributed by atoms with Gasteiger partial charge in [0, 0.05) is 6.42 Å². The van der Waals surface area contributed by atoms with Gasteiger partial charge in [-0.15, -0.1) is 0 Å². The number of ether oxygens (including phenoxy) is 4. The summed E-state index contributed by atoms with van der Waals surface area (Å²) in [5.74, 6) is -0.330. The molecule has 0 radical (unpaired) electrons. The first-order valence-electron chi connectivity index (χ1n) is 22.8. The smallest absolute Gasteiger partial charge is 0.220 e. The Bertz CT molecular complexity index is 1360. The third-order valence-electron chi connectivity index (χ3n) is 10.6. The quantitative estimate of drug-likeness (QED) is 0.0332. The highest BCUT2D eigenvalue weighted by molar-refractivity contribution is 5.76. The predicted octanol–water partition coefficient (Wildman–Crippen LogP) is 4.65. The van der Waals surface area contributed by atoms with Crippen LogP contribution in [-0.2, 0) is 23.7 Å². The molecule has 0 bridgehead atoms. The van der Waals surface area contributed by atoms with Crippen molar-refractivity contribution in [2.24, 2.45) is 0 Å². The Morgan fingerprint density at radius 2 is 1.11 bits per heavy atom. The second-order valence-corrected chi connectivity index (χ2v) is 15.8. The number of amides is 1. The van der Waals surface area contributed by atoms with Gasteiger partial charge in [0.1, 0.15) is 48.8 Å². The zero-order valence-corrected chi connectivity index (χ0v) is 37.1. The Kier molecular flexibility index (Phi) is 30.8. The van der Waals surface area contributed by atoms with Crippen molar-refractivity contribution in [2.45, 2.75) is 190 Å². The Balaban J connectivity index is 1.90. The van der Waals surface area contributed by atoms with Gasteiger partial charge in [0.2, 0.25) is 5.91 Å². The number of hydrogen-bond acceptors (Lipinski definition) is 13. The van der Waals surface area contributed by atoms with Crippen LogP contribution >= 0.6 is 0 Å². The number of carbonyl (C=O) groups excluding carboxylic acids is 1. The molecule has 2 fully saturated rings. The molecular formula is C48H79NO13. The van der Waals surface area contributed by atoms with Gasteiger partial charge >= 0.3 is 0 Å². The fraction of sp³-hybridized carbons (Fsp3) is 0.688. The van der Waals surface area contributed by atoms with Crippen LogP contribution in [-0.4, -0.2) is 140 Å². The lowest BCUT2D eigenvalue weighted by atomic mass is 9.97. The van der Waals surface area contributed by atoms with E-state index < -0.39 is 86.8 Å². The largest absolute Gasteiger partial charge is 0.394 e. The second-order valence-electron chi connectivity index (χ2n) is 15.8. The lowest BCUT2D eigenvalue weighted by Crippen LogP contribution is -2.65. The van der Waals surface area contributed by atoms with Gasteiger partial charge in [-0.3, -0.25) is 4.79 Å². The molecule has 14 nitrogen and oxygen atoms in total. The maximum Gasteiger partial charge on any atom is 0.220 e. The molecule has 12 unspecified atom stereocenters. The van der Waals surface area contributed by atoms with Crippen LogP contribution in [0.2, 0.25) is 0 Å². The van der Waals surface area contributed by atoms with Crippen LogP contribution in [0.5, 0.6) is 0 Å². The lowest BCUT2D eigenvalue weighted by Gasteiger charge is -2.46. The summed E-state index contributed by atoms with van der Waals surface area (Å²) in [7, 11) is 0. The molecule has 2 rings (SSSR count). The highest BCUT2D eigenvalue weighted by Gasteiger charge is 2.50. The van der Waals surface area contributed by atoms with Crippen molar-refractivity contribution in [3.05, 3.63) is 85.1 Å². The van der Waals surface area contributed by atoms with Gasteiger partial charge in [0.15, 0.2) is 12.6 Å². The molecule has 62 heavy (non-hydrogen) atoms. The van der Waals surface area contributed by atoms with Gasteiger partial charge in [0.05, 0.1) is 32.0 Å². The number of unbranched alkanes of at least 4 members (excludes halogenated alkanes) is 7. The molecule has 2 aliphatic heterocycles. The Labute approximate surface area is 370 Å². The van der Waals surface area contributed by atoms with Gasteiger partial charge in [-0.05, 0) is 57.8 Å². The lowest BCUT2D eigenvalue weighted by molar-refractivity contribution is -0.359. The summed E-state index contributed by atoms with van der Waals surface area (Å²) in [5, 5.41) is 86.3. The molecule has 0 aromatic carbocycles. The van der Waals surface area contributed by atoms with Crippen molar-refractivity contribution in [3.63, 3.8) is 0 Å². The molecule has 0 aliphatic carbocycles. The first-order chi connectivity index (χ1) is 30.1. The maximum atomic E-state index is 13.1. The number of hydrogen-bond donors (Lipinski definition) is 9. The van der Waals surface area contributed by atoms with Crippen LogP contribution in [0.1, 0.15) is 117 Å². The highest BCUT2D eigenvalue weighted by atomic mass is 16.7. The number of nitrogens with one attached hydrogen (secondary N) is 1. The zero-order chi connectivity index (χ0) is 45.4. The van der Waals surface area contributed by atoms with Crippen LogP contribution in [0.4, 0.5) is 0 Å². The number of carbonyl (C=O) groups is 1. The first-order valence-corrected chi connectivity index (χ1v) is 22.8.